The van der Waals surface area contributed by atoms with Crippen molar-refractivity contribution in [2.75, 3.05) is 0 Å². The van der Waals surface area contributed by atoms with Gasteiger partial charge in [-0.15, -0.1) is 0 Å². The van der Waals surface area contributed by atoms with Crippen molar-refractivity contribution >= 4 is 11.4 Å². The van der Waals surface area contributed by atoms with E-state index in [2.05, 4.69) is 15.3 Å². The molecule has 2 aromatic rings. The Bertz CT molecular complexity index is 642. The van der Waals surface area contributed by atoms with Crippen LogP contribution in [0.1, 0.15) is 11.4 Å². The molecule has 0 unspecified atom stereocenters. The first-order valence-electron chi connectivity index (χ1n) is 4.82. The van der Waals surface area contributed by atoms with E-state index in [9.17, 15) is 20.2 Å². The van der Waals surface area contributed by atoms with Gasteiger partial charge in [-0.3, -0.25) is 25.3 Å². The summed E-state index contributed by atoms with van der Waals surface area (Å²) in [4.78, 5) is 20.4. The van der Waals surface area contributed by atoms with Crippen LogP contribution in [-0.4, -0.2) is 29.8 Å². The third-order valence-electron chi connectivity index (χ3n) is 2.44. The van der Waals surface area contributed by atoms with Crippen LogP contribution in [-0.2, 0) is 0 Å². The molecule has 2 aromatic heterocycles. The van der Waals surface area contributed by atoms with Crippen molar-refractivity contribution in [3.63, 3.8) is 0 Å². The van der Waals surface area contributed by atoms with Crippen LogP contribution in [0.25, 0.3) is 5.82 Å². The molecular weight excluding hydrogens is 244 g/mol. The van der Waals surface area contributed by atoms with Crippen molar-refractivity contribution < 1.29 is 9.85 Å². The Morgan fingerprint density at radius 1 is 1.28 bits per heavy atom. The van der Waals surface area contributed by atoms with E-state index >= 15 is 0 Å². The lowest BCUT2D eigenvalue weighted by molar-refractivity contribution is -0.386. The summed E-state index contributed by atoms with van der Waals surface area (Å²) in [5.74, 6) is -0.00583. The zero-order valence-electron chi connectivity index (χ0n) is 9.45. The predicted octanol–water partition coefficient (Wildman–Crippen LogP) is 1.03. The molecule has 0 aliphatic heterocycles. The number of aromatic nitrogens is 4. The Hall–Kier alpha value is -2.78. The molecule has 0 aliphatic carbocycles. The van der Waals surface area contributed by atoms with Crippen molar-refractivity contribution in [3.05, 3.63) is 37.8 Å². The van der Waals surface area contributed by atoms with Gasteiger partial charge in [0.2, 0.25) is 5.82 Å². The molecule has 10 nitrogen and oxygen atoms in total. The van der Waals surface area contributed by atoms with E-state index < -0.39 is 9.85 Å². The third kappa shape index (κ3) is 1.59. The molecule has 0 fully saturated rings. The predicted molar refractivity (Wildman–Crippen MR) is 58.5 cm³/mol. The maximum atomic E-state index is 10.8. The second-order valence-corrected chi connectivity index (χ2v) is 3.55. The first-order valence-corrected chi connectivity index (χ1v) is 4.82. The summed E-state index contributed by atoms with van der Waals surface area (Å²) in [7, 11) is 0. The summed E-state index contributed by atoms with van der Waals surface area (Å²) >= 11 is 0. The Kier molecular flexibility index (Phi) is 2.54. The van der Waals surface area contributed by atoms with Gasteiger partial charge in [0.15, 0.2) is 0 Å². The molecule has 0 aromatic carbocycles. The summed E-state index contributed by atoms with van der Waals surface area (Å²) in [5, 5.41) is 31.5. The molecule has 0 aliphatic rings. The van der Waals surface area contributed by atoms with Gasteiger partial charge in [-0.1, -0.05) is 0 Å². The van der Waals surface area contributed by atoms with Crippen LogP contribution in [0.3, 0.4) is 0 Å². The molecule has 2 heterocycles. The minimum Gasteiger partial charge on any atom is -0.258 e. The van der Waals surface area contributed by atoms with Gasteiger partial charge in [0.25, 0.3) is 0 Å². The number of aromatic amines is 1. The molecule has 0 saturated carbocycles. The van der Waals surface area contributed by atoms with Gasteiger partial charge in [0, 0.05) is 0 Å². The first-order chi connectivity index (χ1) is 8.43. The van der Waals surface area contributed by atoms with Crippen molar-refractivity contribution in [3.8, 4) is 5.82 Å². The number of hydrogen-bond donors (Lipinski definition) is 1. The van der Waals surface area contributed by atoms with Crippen molar-refractivity contribution in [1.82, 2.24) is 20.0 Å². The normalized spacial score (nSPS) is 10.6. The highest BCUT2D eigenvalue weighted by atomic mass is 16.6. The Labute approximate surface area is 99.5 Å². The number of rotatable bonds is 3. The number of nitro groups is 2. The summed E-state index contributed by atoms with van der Waals surface area (Å²) in [6.45, 7) is 2.92. The maximum Gasteiger partial charge on any atom is 0.333 e. The van der Waals surface area contributed by atoms with Crippen LogP contribution in [0.2, 0.25) is 0 Å². The second-order valence-electron chi connectivity index (χ2n) is 3.55. The fraction of sp³-hybridized carbons (Fsp3) is 0.250. The average Bonchev–Trinajstić information content (AvgIpc) is 2.82. The standard InChI is InChI=1S/C8H8N6O4/c1-4-7(14(17)18)5(2)12(11-4)8-6(13(15)16)3-9-10-8/h3H,1-2H3,(H,9,10). The van der Waals surface area contributed by atoms with Crippen LogP contribution in [0.4, 0.5) is 11.4 Å². The van der Waals surface area contributed by atoms with E-state index in [0.29, 0.717) is 0 Å². The number of nitrogens with one attached hydrogen (secondary N) is 1. The van der Waals surface area contributed by atoms with Crippen LogP contribution < -0.4 is 0 Å². The highest BCUT2D eigenvalue weighted by Crippen LogP contribution is 2.27. The van der Waals surface area contributed by atoms with Crippen LogP contribution >= 0.6 is 0 Å². The lowest BCUT2D eigenvalue weighted by Crippen LogP contribution is -2.03. The van der Waals surface area contributed by atoms with Crippen LogP contribution in [0.15, 0.2) is 6.20 Å². The lowest BCUT2D eigenvalue weighted by Gasteiger charge is -1.98. The Balaban J connectivity index is 2.66. The molecule has 94 valence electrons. The lowest BCUT2D eigenvalue weighted by atomic mass is 10.3. The molecule has 10 heteroatoms. The zero-order valence-corrected chi connectivity index (χ0v) is 9.45. The molecule has 0 saturated heterocycles. The smallest absolute Gasteiger partial charge is 0.258 e. The highest BCUT2D eigenvalue weighted by Gasteiger charge is 2.27. The van der Waals surface area contributed by atoms with Crippen molar-refractivity contribution in [1.29, 1.82) is 0 Å². The number of hydrogen-bond acceptors (Lipinski definition) is 6. The van der Waals surface area contributed by atoms with E-state index in [1.165, 1.54) is 13.8 Å². The van der Waals surface area contributed by atoms with Gasteiger partial charge in [-0.2, -0.15) is 10.2 Å². The molecular formula is C8H8N6O4. The summed E-state index contributed by atoms with van der Waals surface area (Å²) in [6, 6.07) is 0. The van der Waals surface area contributed by atoms with E-state index in [4.69, 9.17) is 0 Å². The van der Waals surface area contributed by atoms with Crippen LogP contribution in [0, 0.1) is 34.1 Å². The van der Waals surface area contributed by atoms with Gasteiger partial charge in [0.05, 0.1) is 9.85 Å². The summed E-state index contributed by atoms with van der Waals surface area (Å²) < 4.78 is 1.11. The molecule has 0 radical (unpaired) electrons. The fourth-order valence-electron chi connectivity index (χ4n) is 1.68. The van der Waals surface area contributed by atoms with Gasteiger partial charge in [-0.05, 0) is 13.8 Å². The third-order valence-corrected chi connectivity index (χ3v) is 2.44. The summed E-state index contributed by atoms with van der Waals surface area (Å²) in [5.41, 5.74) is -0.0827. The largest absolute Gasteiger partial charge is 0.333 e. The van der Waals surface area contributed by atoms with Gasteiger partial charge in [-0.25, -0.2) is 4.68 Å². The maximum absolute atomic E-state index is 10.8. The molecule has 0 bridgehead atoms. The van der Waals surface area contributed by atoms with Crippen molar-refractivity contribution in [2.45, 2.75) is 13.8 Å². The Morgan fingerprint density at radius 2 is 1.94 bits per heavy atom. The zero-order chi connectivity index (χ0) is 13.4. The van der Waals surface area contributed by atoms with E-state index in [0.717, 1.165) is 10.9 Å². The molecule has 1 N–H and O–H groups in total. The number of H-pyrrole nitrogens is 1. The monoisotopic (exact) mass is 252 g/mol. The van der Waals surface area contributed by atoms with E-state index in [-0.39, 0.29) is 28.6 Å². The molecule has 0 atom stereocenters. The quantitative estimate of drug-likeness (QED) is 0.640. The molecule has 18 heavy (non-hydrogen) atoms. The van der Waals surface area contributed by atoms with Crippen LogP contribution in [0.5, 0.6) is 0 Å². The van der Waals surface area contributed by atoms with Gasteiger partial charge < -0.3 is 0 Å². The molecule has 2 rings (SSSR count). The minimum atomic E-state index is -0.638. The minimum absolute atomic E-state index is 0.00583. The van der Waals surface area contributed by atoms with E-state index in [1.807, 2.05) is 0 Å². The molecule has 0 spiro atoms. The topological polar surface area (TPSA) is 133 Å². The SMILES string of the molecule is Cc1nn(-c2[nH]ncc2[N+](=O)[O-])c(C)c1[N+](=O)[O-]. The van der Waals surface area contributed by atoms with Crippen molar-refractivity contribution in [2.24, 2.45) is 0 Å². The number of nitrogens with zero attached hydrogens (tertiary/aromatic N) is 5. The summed E-state index contributed by atoms with van der Waals surface area (Å²) in [6.07, 6.45) is 1.03. The fourth-order valence-corrected chi connectivity index (χ4v) is 1.68. The van der Waals surface area contributed by atoms with Gasteiger partial charge >= 0.3 is 11.4 Å². The van der Waals surface area contributed by atoms with Gasteiger partial charge in [0.1, 0.15) is 17.6 Å². The first kappa shape index (κ1) is 11.7. The Morgan fingerprint density at radius 3 is 2.44 bits per heavy atom. The highest BCUT2D eigenvalue weighted by molar-refractivity contribution is 5.50. The number of aryl methyl sites for hydroxylation is 1. The van der Waals surface area contributed by atoms with E-state index in [1.54, 1.807) is 0 Å². The second kappa shape index (κ2) is 3.91. The molecule has 0 amide bonds. The average molecular weight is 252 g/mol.